The van der Waals surface area contributed by atoms with Crippen LogP contribution < -0.4 is 4.90 Å². The Morgan fingerprint density at radius 3 is 2.48 bits per heavy atom. The minimum atomic E-state index is -4.77. The predicted octanol–water partition coefficient (Wildman–Crippen LogP) is 4.07. The molecule has 0 spiro atoms. The van der Waals surface area contributed by atoms with Gasteiger partial charge in [-0.3, -0.25) is 4.79 Å². The van der Waals surface area contributed by atoms with Gasteiger partial charge in [-0.05, 0) is 36.1 Å². The van der Waals surface area contributed by atoms with Gasteiger partial charge in [-0.2, -0.15) is 18.4 Å². The lowest BCUT2D eigenvalue weighted by molar-refractivity contribution is -0.137. The van der Waals surface area contributed by atoms with Crippen molar-refractivity contribution in [3.8, 4) is 6.07 Å². The smallest absolute Gasteiger partial charge is 0.306 e. The normalized spacial score (nSPS) is 17.5. The molecule has 1 aliphatic rings. The third-order valence-corrected chi connectivity index (χ3v) is 4.40. The molecule has 1 saturated heterocycles. The third kappa shape index (κ3) is 3.35. The van der Waals surface area contributed by atoms with Crippen molar-refractivity contribution in [1.29, 1.82) is 5.26 Å². The molecule has 5 nitrogen and oxygen atoms in total. The maximum Gasteiger partial charge on any atom is 0.417 e. The van der Waals surface area contributed by atoms with Crippen molar-refractivity contribution < 1.29 is 22.8 Å². The summed E-state index contributed by atoms with van der Waals surface area (Å²) >= 11 is 1.96. The van der Waals surface area contributed by atoms with Crippen LogP contribution in [0.4, 0.5) is 23.7 Å². The van der Waals surface area contributed by atoms with Crippen LogP contribution in [0.1, 0.15) is 25.0 Å². The van der Waals surface area contributed by atoms with Crippen LogP contribution in [0.2, 0.25) is 0 Å². The molecule has 0 unspecified atom stereocenters. The van der Waals surface area contributed by atoms with E-state index in [-0.39, 0.29) is 12.2 Å². The summed E-state index contributed by atoms with van der Waals surface area (Å²) in [5.74, 6) is -0.628. The zero-order chi connectivity index (χ0) is 19.0. The molecule has 1 aromatic carbocycles. The fourth-order valence-electron chi connectivity index (χ4n) is 2.52. The number of urea groups is 1. The van der Waals surface area contributed by atoms with Gasteiger partial charge in [0.25, 0.3) is 5.91 Å². The number of nitrogens with zero attached hydrogens (tertiary/aromatic N) is 3. The molecule has 1 heterocycles. The highest BCUT2D eigenvalue weighted by Crippen LogP contribution is 2.37. The second-order valence-corrected chi connectivity index (χ2v) is 6.51. The van der Waals surface area contributed by atoms with E-state index in [0.717, 1.165) is 17.0 Å². The Hall–Kier alpha value is -2.09. The molecule has 0 saturated carbocycles. The molecular formula is C16H13F3IN3O2. The van der Waals surface area contributed by atoms with Crippen molar-refractivity contribution in [2.24, 2.45) is 0 Å². The van der Waals surface area contributed by atoms with E-state index in [4.69, 9.17) is 5.26 Å². The van der Waals surface area contributed by atoms with Crippen LogP contribution in [0.25, 0.3) is 0 Å². The minimum Gasteiger partial charge on any atom is -0.306 e. The van der Waals surface area contributed by atoms with Crippen molar-refractivity contribution in [1.82, 2.24) is 4.90 Å². The van der Waals surface area contributed by atoms with Crippen molar-refractivity contribution >= 4 is 40.2 Å². The highest BCUT2D eigenvalue weighted by Gasteiger charge is 2.51. The van der Waals surface area contributed by atoms with Crippen LogP contribution in [0, 0.1) is 11.3 Å². The SMILES string of the molecule is CC1(C)C(=O)N(c2ccc(C#N)c(C(F)(F)F)c2)C(=O)N1C/C=C/I. The van der Waals surface area contributed by atoms with Gasteiger partial charge in [-0.1, -0.05) is 28.7 Å². The first-order valence-corrected chi connectivity index (χ1v) is 8.33. The Kier molecular flexibility index (Phi) is 5.13. The molecule has 0 radical (unpaired) electrons. The number of anilines is 1. The molecule has 0 bridgehead atoms. The number of rotatable bonds is 3. The fourth-order valence-corrected chi connectivity index (χ4v) is 2.75. The Morgan fingerprint density at radius 2 is 1.96 bits per heavy atom. The number of hydrogen-bond acceptors (Lipinski definition) is 3. The summed E-state index contributed by atoms with van der Waals surface area (Å²) in [6, 6.07) is 3.54. The average molecular weight is 463 g/mol. The van der Waals surface area contributed by atoms with Crippen LogP contribution in [0.3, 0.4) is 0 Å². The fraction of sp³-hybridized carbons (Fsp3) is 0.312. The number of amides is 3. The number of alkyl halides is 3. The molecule has 1 aromatic rings. The first-order valence-electron chi connectivity index (χ1n) is 7.08. The Bertz CT molecular complexity index is 797. The van der Waals surface area contributed by atoms with E-state index in [0.29, 0.717) is 6.07 Å². The molecule has 0 aromatic heterocycles. The van der Waals surface area contributed by atoms with Crippen LogP contribution in [-0.4, -0.2) is 28.9 Å². The molecule has 2 rings (SSSR count). The van der Waals surface area contributed by atoms with Gasteiger partial charge in [-0.25, -0.2) is 9.69 Å². The van der Waals surface area contributed by atoms with Crippen molar-refractivity contribution in [2.75, 3.05) is 11.4 Å². The van der Waals surface area contributed by atoms with Crippen LogP contribution in [0.15, 0.2) is 28.4 Å². The Labute approximate surface area is 155 Å². The average Bonchev–Trinajstić information content (AvgIpc) is 2.70. The molecule has 1 aliphatic heterocycles. The lowest BCUT2D eigenvalue weighted by Gasteiger charge is -2.26. The molecule has 1 fully saturated rings. The first kappa shape index (κ1) is 19.2. The van der Waals surface area contributed by atoms with E-state index in [1.807, 2.05) is 22.6 Å². The van der Waals surface area contributed by atoms with E-state index in [1.165, 1.54) is 24.8 Å². The highest BCUT2D eigenvalue weighted by atomic mass is 127. The quantitative estimate of drug-likeness (QED) is 0.502. The van der Waals surface area contributed by atoms with Crippen LogP contribution in [0.5, 0.6) is 0 Å². The number of hydrogen-bond donors (Lipinski definition) is 0. The molecular weight excluding hydrogens is 450 g/mol. The minimum absolute atomic E-state index is 0.152. The second-order valence-electron chi connectivity index (χ2n) is 5.79. The van der Waals surface area contributed by atoms with E-state index < -0.39 is 34.8 Å². The van der Waals surface area contributed by atoms with Gasteiger partial charge < -0.3 is 4.90 Å². The predicted molar refractivity (Wildman–Crippen MR) is 93.0 cm³/mol. The van der Waals surface area contributed by atoms with Gasteiger partial charge in [0, 0.05) is 6.54 Å². The molecule has 0 N–H and O–H groups in total. The van der Waals surface area contributed by atoms with Crippen LogP contribution >= 0.6 is 22.6 Å². The highest BCUT2D eigenvalue weighted by molar-refractivity contribution is 14.1. The van der Waals surface area contributed by atoms with Crippen molar-refractivity contribution in [3.05, 3.63) is 39.5 Å². The summed E-state index contributed by atoms with van der Waals surface area (Å²) in [6.45, 7) is 3.21. The summed E-state index contributed by atoms with van der Waals surface area (Å²) in [4.78, 5) is 27.2. The molecule has 0 aliphatic carbocycles. The Morgan fingerprint density at radius 1 is 1.32 bits per heavy atom. The summed E-state index contributed by atoms with van der Waals surface area (Å²) in [5, 5.41) is 8.85. The number of carbonyl (C=O) groups excluding carboxylic acids is 2. The molecule has 3 amide bonds. The van der Waals surface area contributed by atoms with E-state index >= 15 is 0 Å². The molecule has 132 valence electrons. The third-order valence-electron chi connectivity index (χ3n) is 3.89. The standard InChI is InChI=1S/C16H13F3IN3O2/c1-15(2)13(24)23(14(25)22(15)7-3-6-20)11-5-4-10(9-21)12(8-11)16(17,18)19/h3-6,8H,7H2,1-2H3/b6-3+. The topological polar surface area (TPSA) is 64.4 Å². The Balaban J connectivity index is 2.54. The number of benzene rings is 1. The number of nitriles is 1. The van der Waals surface area contributed by atoms with Gasteiger partial charge >= 0.3 is 12.2 Å². The zero-order valence-corrected chi connectivity index (χ0v) is 15.4. The van der Waals surface area contributed by atoms with Gasteiger partial charge in [0.2, 0.25) is 0 Å². The lowest BCUT2D eigenvalue weighted by atomic mass is 10.0. The zero-order valence-electron chi connectivity index (χ0n) is 13.3. The molecule has 25 heavy (non-hydrogen) atoms. The number of halogens is 4. The summed E-state index contributed by atoms with van der Waals surface area (Å²) in [5.41, 5.74) is -3.16. The lowest BCUT2D eigenvalue weighted by Crippen LogP contribution is -2.44. The number of carbonyl (C=O) groups is 2. The second kappa shape index (κ2) is 6.67. The molecule has 9 heteroatoms. The maximum absolute atomic E-state index is 13.1. The van der Waals surface area contributed by atoms with Gasteiger partial charge in [0.15, 0.2) is 0 Å². The van der Waals surface area contributed by atoms with Gasteiger partial charge in [0.05, 0.1) is 22.9 Å². The van der Waals surface area contributed by atoms with E-state index in [2.05, 4.69) is 0 Å². The molecule has 0 atom stereocenters. The summed E-state index contributed by atoms with van der Waals surface area (Å²) in [6.07, 6.45) is -3.11. The van der Waals surface area contributed by atoms with E-state index in [1.54, 1.807) is 10.2 Å². The maximum atomic E-state index is 13.1. The summed E-state index contributed by atoms with van der Waals surface area (Å²) < 4.78 is 41.1. The van der Waals surface area contributed by atoms with Crippen LogP contribution in [-0.2, 0) is 11.0 Å². The van der Waals surface area contributed by atoms with Crippen molar-refractivity contribution in [3.63, 3.8) is 0 Å². The summed E-state index contributed by atoms with van der Waals surface area (Å²) in [7, 11) is 0. The monoisotopic (exact) mass is 463 g/mol. The first-order chi connectivity index (χ1) is 11.6. The van der Waals surface area contributed by atoms with Gasteiger partial charge in [0.1, 0.15) is 5.54 Å². The van der Waals surface area contributed by atoms with Crippen molar-refractivity contribution in [2.45, 2.75) is 25.6 Å². The number of imide groups is 1. The van der Waals surface area contributed by atoms with E-state index in [9.17, 15) is 22.8 Å². The largest absolute Gasteiger partial charge is 0.417 e. The van der Waals surface area contributed by atoms with Gasteiger partial charge in [-0.15, -0.1) is 0 Å².